The van der Waals surface area contributed by atoms with Gasteiger partial charge in [0.1, 0.15) is 0 Å². The number of carbonyl (C=O) groups is 3. The number of carbonyl (C=O) groups excluding carboxylic acids is 3. The Balaban J connectivity index is 1.44. The Morgan fingerprint density at radius 2 is 1.66 bits per heavy atom. The van der Waals surface area contributed by atoms with E-state index in [2.05, 4.69) is 10.6 Å². The molecule has 0 heterocycles. The molecule has 3 aromatic carbocycles. The van der Waals surface area contributed by atoms with Gasteiger partial charge in [-0.3, -0.25) is 9.59 Å². The third-order valence-electron chi connectivity index (χ3n) is 5.70. The number of rotatable bonds is 5. The Bertz CT molecular complexity index is 1190. The Hall–Kier alpha value is -3.93. The number of amides is 3. The summed E-state index contributed by atoms with van der Waals surface area (Å²) in [5, 5.41) is 5.65. The van der Waals surface area contributed by atoms with Gasteiger partial charge >= 0.3 is 6.03 Å². The lowest BCUT2D eigenvalue weighted by Crippen LogP contribution is -2.27. The van der Waals surface area contributed by atoms with Gasteiger partial charge in [0.05, 0.1) is 0 Å². The summed E-state index contributed by atoms with van der Waals surface area (Å²) in [5.74, 6) is -0.761. The minimum Gasteiger partial charge on any atom is -0.370 e. The first kappa shape index (κ1) is 21.3. The molecule has 0 aromatic heterocycles. The lowest BCUT2D eigenvalue weighted by molar-refractivity contribution is -0.118. The predicted molar refractivity (Wildman–Crippen MR) is 126 cm³/mol. The zero-order chi connectivity index (χ0) is 22.7. The Morgan fingerprint density at radius 1 is 0.938 bits per heavy atom. The van der Waals surface area contributed by atoms with Crippen molar-refractivity contribution in [3.63, 3.8) is 0 Å². The monoisotopic (exact) mass is 427 g/mol. The molecule has 0 radical (unpaired) electrons. The largest absolute Gasteiger partial charge is 0.370 e. The van der Waals surface area contributed by atoms with Crippen molar-refractivity contribution in [2.45, 2.75) is 26.2 Å². The van der Waals surface area contributed by atoms with E-state index >= 15 is 0 Å². The molecule has 0 bridgehead atoms. The Morgan fingerprint density at radius 3 is 2.38 bits per heavy atom. The van der Waals surface area contributed by atoms with E-state index in [1.165, 1.54) is 0 Å². The maximum atomic E-state index is 12.6. The van der Waals surface area contributed by atoms with Gasteiger partial charge in [-0.25, -0.2) is 4.79 Å². The molecule has 3 aromatic rings. The number of nitrogens with one attached hydrogen (secondary N) is 2. The topological polar surface area (TPSA) is 101 Å². The molecular formula is C26H25N3O3. The normalized spacial score (nSPS) is 15.0. The molecule has 32 heavy (non-hydrogen) atoms. The maximum absolute atomic E-state index is 12.6. The van der Waals surface area contributed by atoms with Crippen molar-refractivity contribution >= 4 is 29.1 Å². The van der Waals surface area contributed by atoms with E-state index < -0.39 is 5.91 Å². The Labute approximate surface area is 186 Å². The van der Waals surface area contributed by atoms with Gasteiger partial charge < -0.3 is 16.4 Å². The maximum Gasteiger partial charge on any atom is 0.323 e. The highest BCUT2D eigenvalue weighted by molar-refractivity contribution is 6.02. The Kier molecular flexibility index (Phi) is 6.03. The molecule has 4 N–H and O–H groups in total. The molecule has 0 spiro atoms. The van der Waals surface area contributed by atoms with E-state index in [1.54, 1.807) is 0 Å². The van der Waals surface area contributed by atoms with Crippen LogP contribution in [0.3, 0.4) is 0 Å². The van der Waals surface area contributed by atoms with Gasteiger partial charge in [0.15, 0.2) is 5.78 Å². The van der Waals surface area contributed by atoms with Crippen molar-refractivity contribution < 1.29 is 14.4 Å². The van der Waals surface area contributed by atoms with Gasteiger partial charge in [0.25, 0.3) is 0 Å². The van der Waals surface area contributed by atoms with Crippen LogP contribution in [-0.4, -0.2) is 17.7 Å². The molecule has 1 unspecified atom stereocenters. The van der Waals surface area contributed by atoms with Gasteiger partial charge in [-0.05, 0) is 66.3 Å². The van der Waals surface area contributed by atoms with Gasteiger partial charge in [-0.2, -0.15) is 0 Å². The van der Waals surface area contributed by atoms with E-state index in [9.17, 15) is 14.4 Å². The van der Waals surface area contributed by atoms with Crippen molar-refractivity contribution in [3.05, 3.63) is 83.4 Å². The lowest BCUT2D eigenvalue weighted by Gasteiger charge is -2.23. The molecule has 0 saturated carbocycles. The second-order valence-electron chi connectivity index (χ2n) is 8.17. The second-order valence-corrected chi connectivity index (χ2v) is 8.17. The molecule has 4 rings (SSSR count). The number of urea groups is 1. The van der Waals surface area contributed by atoms with Gasteiger partial charge in [0.2, 0.25) is 5.91 Å². The first-order valence-electron chi connectivity index (χ1n) is 10.6. The summed E-state index contributed by atoms with van der Waals surface area (Å²) in [5.41, 5.74) is 11.4. The highest BCUT2D eigenvalue weighted by Gasteiger charge is 2.28. The fraction of sp³-hybridized carbons (Fsp3) is 0.192. The van der Waals surface area contributed by atoms with Crippen LogP contribution in [0.5, 0.6) is 0 Å². The smallest absolute Gasteiger partial charge is 0.323 e. The van der Waals surface area contributed by atoms with Crippen LogP contribution in [0.2, 0.25) is 0 Å². The van der Waals surface area contributed by atoms with Gasteiger partial charge in [0, 0.05) is 29.3 Å². The van der Waals surface area contributed by atoms with Crippen LogP contribution in [-0.2, 0) is 11.2 Å². The van der Waals surface area contributed by atoms with Crippen LogP contribution in [0.1, 0.15) is 34.3 Å². The molecule has 0 fully saturated rings. The zero-order valence-corrected chi connectivity index (χ0v) is 17.9. The average Bonchev–Trinajstić information content (AvgIpc) is 2.76. The van der Waals surface area contributed by atoms with E-state index in [0.29, 0.717) is 17.7 Å². The molecule has 1 atom stereocenters. The van der Waals surface area contributed by atoms with Gasteiger partial charge in [-0.15, -0.1) is 0 Å². The number of hydrogen-bond acceptors (Lipinski definition) is 3. The summed E-state index contributed by atoms with van der Waals surface area (Å²) in [6.07, 6.45) is 1.48. The number of nitrogens with two attached hydrogens (primary N) is 1. The number of benzene rings is 3. The van der Waals surface area contributed by atoms with Gasteiger partial charge in [-0.1, -0.05) is 42.5 Å². The minimum absolute atomic E-state index is 0.00392. The van der Waals surface area contributed by atoms with E-state index in [-0.39, 0.29) is 24.2 Å². The van der Waals surface area contributed by atoms with Crippen LogP contribution in [0.15, 0.2) is 66.7 Å². The summed E-state index contributed by atoms with van der Waals surface area (Å²) in [6, 6.07) is 20.6. The molecular weight excluding hydrogens is 402 g/mol. The lowest BCUT2D eigenvalue weighted by atomic mass is 9.80. The van der Waals surface area contributed by atoms with E-state index in [0.717, 1.165) is 34.4 Å². The minimum atomic E-state index is -0.440. The van der Waals surface area contributed by atoms with Crippen molar-refractivity contribution in [1.29, 1.82) is 0 Å². The summed E-state index contributed by atoms with van der Waals surface area (Å²) < 4.78 is 0. The summed E-state index contributed by atoms with van der Waals surface area (Å²) >= 11 is 0. The number of anilines is 2. The van der Waals surface area contributed by atoms with Crippen molar-refractivity contribution in [2.24, 2.45) is 11.7 Å². The summed E-state index contributed by atoms with van der Waals surface area (Å²) in [7, 11) is 0. The van der Waals surface area contributed by atoms with E-state index in [1.807, 2.05) is 73.7 Å². The van der Waals surface area contributed by atoms with Crippen molar-refractivity contribution in [1.82, 2.24) is 0 Å². The number of primary amides is 1. The van der Waals surface area contributed by atoms with Crippen LogP contribution in [0.25, 0.3) is 11.1 Å². The predicted octanol–water partition coefficient (Wildman–Crippen LogP) is 4.93. The third kappa shape index (κ3) is 4.86. The molecule has 162 valence electrons. The molecule has 1 aliphatic rings. The summed E-state index contributed by atoms with van der Waals surface area (Å²) in [6.45, 7) is 1.97. The molecule has 1 aliphatic carbocycles. The van der Waals surface area contributed by atoms with Crippen LogP contribution in [0.4, 0.5) is 16.2 Å². The average molecular weight is 428 g/mol. The van der Waals surface area contributed by atoms with Crippen LogP contribution < -0.4 is 16.4 Å². The SMILES string of the molecule is Cc1cccc(NC(=O)Nc2ccc(-c3ccc4c(c3)CCC(CC(N)=O)C4=O)cc2)c1. The molecule has 6 nitrogen and oxygen atoms in total. The fourth-order valence-corrected chi connectivity index (χ4v) is 4.10. The second kappa shape index (κ2) is 9.06. The number of ketones is 1. The zero-order valence-electron chi connectivity index (χ0n) is 17.9. The quantitative estimate of drug-likeness (QED) is 0.538. The van der Waals surface area contributed by atoms with Crippen LogP contribution in [0, 0.1) is 12.8 Å². The van der Waals surface area contributed by atoms with E-state index in [4.69, 9.17) is 5.73 Å². The van der Waals surface area contributed by atoms with Crippen molar-refractivity contribution in [2.75, 3.05) is 10.6 Å². The first-order chi connectivity index (χ1) is 15.4. The molecule has 0 aliphatic heterocycles. The standard InChI is InChI=1S/C26H25N3O3/c1-16-3-2-4-22(13-16)29-26(32)28-21-10-7-17(8-11-21)18-9-12-23-19(14-18)5-6-20(25(23)31)15-24(27)30/h2-4,7-14,20H,5-6,15H2,1H3,(H2,27,30)(H2,28,29,32). The number of aryl methyl sites for hydroxylation is 2. The molecule has 6 heteroatoms. The fourth-order valence-electron chi connectivity index (χ4n) is 4.10. The van der Waals surface area contributed by atoms with Crippen molar-refractivity contribution in [3.8, 4) is 11.1 Å². The number of Topliss-reactive ketones (excluding diaryl/α,β-unsaturated/α-hetero) is 1. The summed E-state index contributed by atoms with van der Waals surface area (Å²) in [4.78, 5) is 36.1. The number of hydrogen-bond donors (Lipinski definition) is 3. The van der Waals surface area contributed by atoms with Crippen LogP contribution >= 0.6 is 0 Å². The number of fused-ring (bicyclic) bond motifs is 1. The molecule has 0 saturated heterocycles. The third-order valence-corrected chi connectivity index (χ3v) is 5.70. The molecule has 3 amide bonds. The first-order valence-corrected chi connectivity index (χ1v) is 10.6. The highest BCUT2D eigenvalue weighted by atomic mass is 16.2. The highest BCUT2D eigenvalue weighted by Crippen LogP contribution is 2.31.